The van der Waals surface area contributed by atoms with Crippen LogP contribution in [-0.2, 0) is 14.2 Å². The van der Waals surface area contributed by atoms with E-state index in [0.29, 0.717) is 13.1 Å². The van der Waals surface area contributed by atoms with Crippen LogP contribution < -0.4 is 0 Å². The highest BCUT2D eigenvalue weighted by atomic mass is 31.2. The van der Waals surface area contributed by atoms with Crippen LogP contribution in [0.15, 0.2) is 0 Å². The smallest absolute Gasteiger partial charge is 0.303 e. The molecule has 104 valence electrons. The number of phosphoric acid groups is 1. The summed E-state index contributed by atoms with van der Waals surface area (Å²) in [5.41, 5.74) is 0. The van der Waals surface area contributed by atoms with Gasteiger partial charge in [0, 0.05) is 13.1 Å². The molecule has 10 heteroatoms. The topological polar surface area (TPSA) is 135 Å². The summed E-state index contributed by atoms with van der Waals surface area (Å²) >= 11 is 0. The van der Waals surface area contributed by atoms with E-state index in [1.54, 1.807) is 13.8 Å². The van der Waals surface area contributed by atoms with Gasteiger partial charge in [-0.1, -0.05) is 0 Å². The van der Waals surface area contributed by atoms with Crippen LogP contribution in [0.4, 0.5) is 4.79 Å². The van der Waals surface area contributed by atoms with Crippen LogP contribution >= 0.6 is 7.82 Å². The van der Waals surface area contributed by atoms with E-state index in [2.05, 4.69) is 0 Å². The normalized spacial score (nSPS) is 16.6. The van der Waals surface area contributed by atoms with Gasteiger partial charge in [0.05, 0.1) is 0 Å². The van der Waals surface area contributed by atoms with Gasteiger partial charge in [0.15, 0.2) is 0 Å². The van der Waals surface area contributed by atoms with Gasteiger partial charge in [0.2, 0.25) is 11.8 Å². The van der Waals surface area contributed by atoms with Crippen molar-refractivity contribution in [3.05, 3.63) is 0 Å². The predicted molar refractivity (Wildman–Crippen MR) is 59.0 cm³/mol. The molecule has 1 fully saturated rings. The highest BCUT2D eigenvalue weighted by Gasteiger charge is 2.35. The van der Waals surface area contributed by atoms with Gasteiger partial charge in [-0.2, -0.15) is 0 Å². The number of urea groups is 1. The summed E-state index contributed by atoms with van der Waals surface area (Å²) in [6.45, 7) is 4.06. The third-order valence-corrected chi connectivity index (χ3v) is 2.00. The van der Waals surface area contributed by atoms with Crippen molar-refractivity contribution in [1.82, 2.24) is 9.80 Å². The van der Waals surface area contributed by atoms with Gasteiger partial charge in [-0.05, 0) is 13.8 Å². The summed E-state index contributed by atoms with van der Waals surface area (Å²) in [4.78, 5) is 57.5. The zero-order valence-corrected chi connectivity index (χ0v) is 10.8. The Morgan fingerprint density at radius 3 is 1.50 bits per heavy atom. The molecule has 0 aromatic heterocycles. The van der Waals surface area contributed by atoms with Gasteiger partial charge < -0.3 is 14.7 Å². The Balaban J connectivity index is 0.000000494. The molecule has 4 amide bonds. The van der Waals surface area contributed by atoms with Crippen molar-refractivity contribution in [3.8, 4) is 0 Å². The van der Waals surface area contributed by atoms with Crippen molar-refractivity contribution in [1.29, 1.82) is 0 Å². The van der Waals surface area contributed by atoms with Gasteiger partial charge in [0.25, 0.3) is 0 Å². The summed E-state index contributed by atoms with van der Waals surface area (Å²) in [5, 5.41) is 0. The molecule has 0 spiro atoms. The number of carbonyl (C=O) groups excluding carboxylic acids is 3. The lowest BCUT2D eigenvalue weighted by atomic mass is 10.2. The first-order chi connectivity index (χ1) is 8.11. The zero-order chi connectivity index (χ0) is 14.5. The number of amides is 4. The second-order valence-electron chi connectivity index (χ2n) is 3.25. The van der Waals surface area contributed by atoms with Crippen LogP contribution in [0, 0.1) is 0 Å². The number of imide groups is 2. The highest BCUT2D eigenvalue weighted by molar-refractivity contribution is 7.45. The van der Waals surface area contributed by atoms with Gasteiger partial charge >= 0.3 is 13.9 Å². The molecule has 0 aromatic rings. The summed E-state index contributed by atoms with van der Waals surface area (Å²) in [5.74, 6) is -0.801. The standard InChI is InChI=1S/C8H12N2O3.H3O4P/c1-3-9-6(11)5-7(12)10(4-2)8(9)13;1-5(2,3)4/h3-5H2,1-2H3;(H3,1,2,3,4). The number of hydrogen-bond acceptors (Lipinski definition) is 4. The van der Waals surface area contributed by atoms with Crippen molar-refractivity contribution >= 4 is 25.7 Å². The fourth-order valence-corrected chi connectivity index (χ4v) is 1.30. The Bertz CT molecular complexity index is 359. The molecule has 0 bridgehead atoms. The van der Waals surface area contributed by atoms with Crippen molar-refractivity contribution in [3.63, 3.8) is 0 Å². The molecule has 1 rings (SSSR count). The Hall–Kier alpha value is -1.28. The highest BCUT2D eigenvalue weighted by Crippen LogP contribution is 2.25. The summed E-state index contributed by atoms with van der Waals surface area (Å²) in [7, 11) is -4.64. The largest absolute Gasteiger partial charge is 0.466 e. The first-order valence-corrected chi connectivity index (χ1v) is 6.61. The molecule has 0 atom stereocenters. The monoisotopic (exact) mass is 282 g/mol. The average molecular weight is 282 g/mol. The Morgan fingerprint density at radius 1 is 1.00 bits per heavy atom. The molecule has 1 aliphatic rings. The van der Waals surface area contributed by atoms with Gasteiger partial charge in [-0.25, -0.2) is 9.36 Å². The van der Waals surface area contributed by atoms with Crippen molar-refractivity contribution < 1.29 is 33.6 Å². The van der Waals surface area contributed by atoms with Gasteiger partial charge in [0.1, 0.15) is 6.42 Å². The fraction of sp³-hybridized carbons (Fsp3) is 0.625. The maximum atomic E-state index is 11.4. The minimum Gasteiger partial charge on any atom is -0.303 e. The number of barbiturate groups is 1. The molecular formula is C8H15N2O7P. The molecule has 1 saturated heterocycles. The SMILES string of the molecule is CCN1C(=O)CC(=O)N(CC)C1=O.O=P(O)(O)O. The minimum atomic E-state index is -4.64. The lowest BCUT2D eigenvalue weighted by molar-refractivity contribution is -0.142. The van der Waals surface area contributed by atoms with Crippen LogP contribution in [-0.4, -0.2) is 55.4 Å². The zero-order valence-electron chi connectivity index (χ0n) is 9.94. The first-order valence-electron chi connectivity index (χ1n) is 5.04. The van der Waals surface area contributed by atoms with E-state index in [0.717, 1.165) is 9.80 Å². The Labute approximate surface area is 103 Å². The van der Waals surface area contributed by atoms with E-state index >= 15 is 0 Å². The second kappa shape index (κ2) is 6.60. The van der Waals surface area contributed by atoms with Crippen molar-refractivity contribution in [2.75, 3.05) is 13.1 Å². The molecule has 18 heavy (non-hydrogen) atoms. The summed E-state index contributed by atoms with van der Waals surface area (Å²) in [6, 6.07) is -0.494. The van der Waals surface area contributed by atoms with Crippen LogP contribution in [0.25, 0.3) is 0 Å². The van der Waals surface area contributed by atoms with E-state index in [1.165, 1.54) is 0 Å². The third kappa shape index (κ3) is 5.37. The van der Waals surface area contributed by atoms with Crippen molar-refractivity contribution in [2.24, 2.45) is 0 Å². The van der Waals surface area contributed by atoms with E-state index in [9.17, 15) is 14.4 Å². The molecule has 0 aromatic carbocycles. The molecular weight excluding hydrogens is 267 g/mol. The molecule has 1 aliphatic heterocycles. The average Bonchev–Trinajstić information content (AvgIpc) is 2.15. The fourth-order valence-electron chi connectivity index (χ4n) is 1.30. The maximum absolute atomic E-state index is 11.4. The van der Waals surface area contributed by atoms with E-state index in [1.807, 2.05) is 0 Å². The molecule has 1 heterocycles. The van der Waals surface area contributed by atoms with Crippen molar-refractivity contribution in [2.45, 2.75) is 20.3 Å². The van der Waals surface area contributed by atoms with E-state index in [4.69, 9.17) is 19.2 Å². The molecule has 9 nitrogen and oxygen atoms in total. The molecule has 3 N–H and O–H groups in total. The lowest BCUT2D eigenvalue weighted by Gasteiger charge is -2.31. The minimum absolute atomic E-state index is 0.187. The Morgan fingerprint density at radius 2 is 1.28 bits per heavy atom. The van der Waals surface area contributed by atoms with E-state index in [-0.39, 0.29) is 6.42 Å². The number of rotatable bonds is 2. The first kappa shape index (κ1) is 16.7. The van der Waals surface area contributed by atoms with Crippen LogP contribution in [0.2, 0.25) is 0 Å². The summed E-state index contributed by atoms with van der Waals surface area (Å²) in [6.07, 6.45) is -0.187. The summed E-state index contributed by atoms with van der Waals surface area (Å²) < 4.78 is 8.88. The Kier molecular flexibility index (Phi) is 6.13. The van der Waals surface area contributed by atoms with Crippen LogP contribution in [0.5, 0.6) is 0 Å². The molecule has 0 saturated carbocycles. The molecule has 0 aliphatic carbocycles. The van der Waals surface area contributed by atoms with Gasteiger partial charge in [-0.15, -0.1) is 0 Å². The van der Waals surface area contributed by atoms with Crippen LogP contribution in [0.3, 0.4) is 0 Å². The molecule has 0 unspecified atom stereocenters. The maximum Gasteiger partial charge on any atom is 0.466 e. The molecule has 0 radical (unpaired) electrons. The van der Waals surface area contributed by atoms with Gasteiger partial charge in [-0.3, -0.25) is 19.4 Å². The third-order valence-electron chi connectivity index (χ3n) is 2.00. The number of carbonyl (C=O) groups is 3. The van der Waals surface area contributed by atoms with Crippen LogP contribution in [0.1, 0.15) is 20.3 Å². The predicted octanol–water partition coefficient (Wildman–Crippen LogP) is -0.722. The lowest BCUT2D eigenvalue weighted by Crippen LogP contribution is -2.54. The number of hydrogen-bond donors (Lipinski definition) is 3. The number of nitrogens with zero attached hydrogens (tertiary/aromatic N) is 2. The van der Waals surface area contributed by atoms with E-state index < -0.39 is 25.7 Å². The second-order valence-corrected chi connectivity index (χ2v) is 4.28. The quantitative estimate of drug-likeness (QED) is 0.449.